The number of esters is 1. The third kappa shape index (κ3) is 2.40. The van der Waals surface area contributed by atoms with Crippen LogP contribution in [0.15, 0.2) is 66.7 Å². The van der Waals surface area contributed by atoms with E-state index in [2.05, 4.69) is 31.2 Å². The van der Waals surface area contributed by atoms with Crippen molar-refractivity contribution < 1.29 is 19.1 Å². The molecule has 2 amide bonds. The van der Waals surface area contributed by atoms with Crippen LogP contribution in [0.5, 0.6) is 0 Å². The van der Waals surface area contributed by atoms with Crippen LogP contribution in [0, 0.1) is 11.8 Å². The first kappa shape index (κ1) is 20.2. The van der Waals surface area contributed by atoms with Gasteiger partial charge in [0.05, 0.1) is 35.2 Å². The van der Waals surface area contributed by atoms with E-state index in [0.29, 0.717) is 5.69 Å². The van der Waals surface area contributed by atoms with E-state index in [9.17, 15) is 14.4 Å². The summed E-state index contributed by atoms with van der Waals surface area (Å²) in [7, 11) is 1.26. The highest BCUT2D eigenvalue weighted by atomic mass is 35.5. The number of hydrogen-bond acceptors (Lipinski definition) is 4. The van der Waals surface area contributed by atoms with Crippen molar-refractivity contribution in [1.29, 1.82) is 0 Å². The van der Waals surface area contributed by atoms with Gasteiger partial charge in [-0.05, 0) is 40.5 Å². The van der Waals surface area contributed by atoms with Crippen LogP contribution in [0.4, 0.5) is 5.69 Å². The zero-order valence-corrected chi connectivity index (χ0v) is 18.8. The van der Waals surface area contributed by atoms with Crippen molar-refractivity contribution in [3.05, 3.63) is 99.6 Å². The van der Waals surface area contributed by atoms with Crippen molar-refractivity contribution >= 4 is 35.1 Å². The van der Waals surface area contributed by atoms with Crippen LogP contribution in [0.1, 0.15) is 45.5 Å². The summed E-state index contributed by atoms with van der Waals surface area (Å²) in [6, 6.07) is 20.8. The lowest BCUT2D eigenvalue weighted by Crippen LogP contribution is -2.51. The minimum absolute atomic E-state index is 0.118. The number of nitrogens with zero attached hydrogens (tertiary/aromatic N) is 1. The summed E-state index contributed by atoms with van der Waals surface area (Å²) in [5.74, 6) is -2.35. The Hall–Kier alpha value is -3.44. The number of carbonyl (C=O) groups is 3. The predicted molar refractivity (Wildman–Crippen MR) is 123 cm³/mol. The zero-order valence-electron chi connectivity index (χ0n) is 18.0. The molecule has 0 spiro atoms. The minimum Gasteiger partial charge on any atom is -0.465 e. The number of anilines is 1. The Kier molecular flexibility index (Phi) is 4.15. The molecule has 0 radical (unpaired) electrons. The van der Waals surface area contributed by atoms with Gasteiger partial charge in [-0.25, -0.2) is 9.69 Å². The molecule has 1 aliphatic heterocycles. The van der Waals surface area contributed by atoms with Crippen molar-refractivity contribution in [1.82, 2.24) is 0 Å². The second-order valence-electron chi connectivity index (χ2n) is 9.03. The van der Waals surface area contributed by atoms with Gasteiger partial charge in [0.25, 0.3) is 0 Å². The number of carbonyl (C=O) groups excluding carboxylic acids is 3. The molecule has 0 saturated carbocycles. The number of imide groups is 1. The fourth-order valence-corrected chi connectivity index (χ4v) is 6.52. The van der Waals surface area contributed by atoms with E-state index in [1.165, 1.54) is 24.1 Å². The third-order valence-electron chi connectivity index (χ3n) is 7.66. The third-order valence-corrected chi connectivity index (χ3v) is 7.99. The molecule has 33 heavy (non-hydrogen) atoms. The molecule has 164 valence electrons. The van der Waals surface area contributed by atoms with Crippen LogP contribution in [0.2, 0.25) is 5.02 Å². The molecule has 7 rings (SSSR count). The number of ether oxygens (including phenoxy) is 1. The summed E-state index contributed by atoms with van der Waals surface area (Å²) >= 11 is 6.18. The number of halogens is 1. The van der Waals surface area contributed by atoms with Gasteiger partial charge in [-0.3, -0.25) is 9.59 Å². The summed E-state index contributed by atoms with van der Waals surface area (Å²) in [6.07, 6.45) is 0. The molecule has 2 atom stereocenters. The predicted octanol–water partition coefficient (Wildman–Crippen LogP) is 4.70. The van der Waals surface area contributed by atoms with Crippen molar-refractivity contribution in [2.75, 3.05) is 12.0 Å². The first-order valence-electron chi connectivity index (χ1n) is 10.8. The van der Waals surface area contributed by atoms with Gasteiger partial charge >= 0.3 is 5.97 Å². The molecule has 1 saturated heterocycles. The molecule has 3 aromatic rings. The maximum absolute atomic E-state index is 14.0. The molecule has 1 heterocycles. The second kappa shape index (κ2) is 6.78. The van der Waals surface area contributed by atoms with Gasteiger partial charge < -0.3 is 4.74 Å². The normalized spacial score (nSPS) is 26.6. The van der Waals surface area contributed by atoms with E-state index in [1.54, 1.807) is 6.07 Å². The molecular weight excluding hydrogens is 438 g/mol. The highest BCUT2D eigenvalue weighted by molar-refractivity contribution is 6.34. The molecule has 3 aromatic carbocycles. The summed E-state index contributed by atoms with van der Waals surface area (Å²) < 4.78 is 4.82. The Bertz CT molecular complexity index is 1330. The molecule has 5 nitrogen and oxygen atoms in total. The Morgan fingerprint density at radius 1 is 0.939 bits per heavy atom. The van der Waals surface area contributed by atoms with E-state index in [4.69, 9.17) is 16.3 Å². The molecule has 6 heteroatoms. The highest BCUT2D eigenvalue weighted by Crippen LogP contribution is 2.64. The van der Waals surface area contributed by atoms with E-state index in [1.807, 2.05) is 24.3 Å². The van der Waals surface area contributed by atoms with Gasteiger partial charge in [0.1, 0.15) is 0 Å². The van der Waals surface area contributed by atoms with Gasteiger partial charge in [-0.1, -0.05) is 67.1 Å². The molecule has 2 bridgehead atoms. The molecule has 0 N–H and O–H groups in total. The van der Waals surface area contributed by atoms with Crippen LogP contribution in [-0.2, 0) is 19.7 Å². The number of methoxy groups -OCH3 is 1. The average molecular weight is 458 g/mol. The van der Waals surface area contributed by atoms with Crippen molar-refractivity contribution in [2.24, 2.45) is 11.8 Å². The lowest BCUT2D eigenvalue weighted by Gasteiger charge is -2.52. The average Bonchev–Trinajstić information content (AvgIpc) is 3.11. The Morgan fingerprint density at radius 3 is 2.15 bits per heavy atom. The number of benzene rings is 3. The van der Waals surface area contributed by atoms with Crippen molar-refractivity contribution in [3.63, 3.8) is 0 Å². The highest BCUT2D eigenvalue weighted by Gasteiger charge is 2.66. The lowest BCUT2D eigenvalue weighted by molar-refractivity contribution is -0.123. The summed E-state index contributed by atoms with van der Waals surface area (Å²) in [4.78, 5) is 41.3. The molecule has 1 fully saturated rings. The first-order valence-corrected chi connectivity index (χ1v) is 11.2. The van der Waals surface area contributed by atoms with E-state index >= 15 is 0 Å². The number of amides is 2. The summed E-state index contributed by atoms with van der Waals surface area (Å²) in [5.41, 5.74) is 4.23. The molecular formula is C27H20ClNO4. The van der Waals surface area contributed by atoms with Crippen LogP contribution in [-0.4, -0.2) is 24.9 Å². The van der Waals surface area contributed by atoms with Crippen molar-refractivity contribution in [3.8, 4) is 0 Å². The van der Waals surface area contributed by atoms with E-state index in [0.717, 1.165) is 22.3 Å². The van der Waals surface area contributed by atoms with Crippen LogP contribution >= 0.6 is 11.6 Å². The van der Waals surface area contributed by atoms with Gasteiger partial charge in [-0.15, -0.1) is 0 Å². The van der Waals surface area contributed by atoms with Gasteiger partial charge in [0.2, 0.25) is 11.8 Å². The maximum atomic E-state index is 14.0. The smallest absolute Gasteiger partial charge is 0.339 e. The number of hydrogen-bond donors (Lipinski definition) is 0. The van der Waals surface area contributed by atoms with Gasteiger partial charge in [-0.2, -0.15) is 0 Å². The second-order valence-corrected chi connectivity index (χ2v) is 9.43. The topological polar surface area (TPSA) is 63.7 Å². The quantitative estimate of drug-likeness (QED) is 0.413. The molecule has 4 aliphatic rings. The SMILES string of the molecule is COC(=O)c1cc(N2C(=O)[C@@H]3[C@@H](C2=O)C2c4ccccc4C3(C)c3ccccc32)ccc1Cl. The molecule has 3 aliphatic carbocycles. The Morgan fingerprint density at radius 2 is 1.55 bits per heavy atom. The molecule has 0 aromatic heterocycles. The zero-order chi connectivity index (χ0) is 23.1. The van der Waals surface area contributed by atoms with Crippen LogP contribution < -0.4 is 4.90 Å². The Labute approximate surface area is 195 Å². The summed E-state index contributed by atoms with van der Waals surface area (Å²) in [6.45, 7) is 2.08. The summed E-state index contributed by atoms with van der Waals surface area (Å²) in [5, 5.41) is 0.203. The molecule has 0 unspecified atom stereocenters. The minimum atomic E-state index is -0.633. The van der Waals surface area contributed by atoms with E-state index in [-0.39, 0.29) is 28.3 Å². The number of rotatable bonds is 2. The maximum Gasteiger partial charge on any atom is 0.339 e. The Balaban J connectivity index is 1.55. The van der Waals surface area contributed by atoms with E-state index < -0.39 is 23.2 Å². The largest absolute Gasteiger partial charge is 0.465 e. The van der Waals surface area contributed by atoms with Gasteiger partial charge in [0.15, 0.2) is 0 Å². The fraction of sp³-hybridized carbons (Fsp3) is 0.222. The fourth-order valence-electron chi connectivity index (χ4n) is 6.32. The standard InChI is InChI=1S/C27H20ClNO4/c1-27-18-9-5-3-7-15(18)21(16-8-4-6-10-19(16)27)22-23(27)25(31)29(24(22)30)14-11-12-20(28)17(13-14)26(32)33-2/h3-13,21-23H,1-2H3/t21?,22-,23-,27?/m0/s1. The van der Waals surface area contributed by atoms with Crippen LogP contribution in [0.25, 0.3) is 0 Å². The van der Waals surface area contributed by atoms with Gasteiger partial charge in [0, 0.05) is 11.3 Å². The monoisotopic (exact) mass is 457 g/mol. The van der Waals surface area contributed by atoms with Crippen LogP contribution in [0.3, 0.4) is 0 Å². The first-order chi connectivity index (χ1) is 15.9. The lowest BCUT2D eigenvalue weighted by atomic mass is 9.48. The van der Waals surface area contributed by atoms with Crippen molar-refractivity contribution in [2.45, 2.75) is 18.3 Å².